The van der Waals surface area contributed by atoms with Gasteiger partial charge in [-0.15, -0.1) is 0 Å². The van der Waals surface area contributed by atoms with E-state index in [0.717, 1.165) is 17.7 Å². The lowest BCUT2D eigenvalue weighted by Crippen LogP contribution is -2.22. The minimum Gasteiger partial charge on any atom is -0.319 e. The molecule has 3 rings (SSSR count). The van der Waals surface area contributed by atoms with Crippen molar-refractivity contribution in [3.63, 3.8) is 0 Å². The lowest BCUT2D eigenvalue weighted by molar-refractivity contribution is -0.137. The van der Waals surface area contributed by atoms with Crippen molar-refractivity contribution in [2.75, 3.05) is 0 Å². The Morgan fingerprint density at radius 1 is 0.957 bits per heavy atom. The van der Waals surface area contributed by atoms with Crippen LogP contribution in [-0.4, -0.2) is 14.5 Å². The molecule has 0 atom stereocenters. The van der Waals surface area contributed by atoms with Gasteiger partial charge >= 0.3 is 6.18 Å². The number of pyridine rings is 1. The van der Waals surface area contributed by atoms with E-state index >= 15 is 0 Å². The summed E-state index contributed by atoms with van der Waals surface area (Å²) >= 11 is 0. The van der Waals surface area contributed by atoms with Gasteiger partial charge < -0.3 is 4.57 Å². The lowest BCUT2D eigenvalue weighted by Gasteiger charge is -2.24. The molecule has 0 amide bonds. The second kappa shape index (κ2) is 5.08. The topological polar surface area (TPSA) is 30.7 Å². The summed E-state index contributed by atoms with van der Waals surface area (Å²) in [5.41, 5.74) is 0.816. The molecule has 120 valence electrons. The summed E-state index contributed by atoms with van der Waals surface area (Å²) in [4.78, 5) is 8.44. The van der Waals surface area contributed by atoms with Crippen molar-refractivity contribution in [2.24, 2.45) is 0 Å². The van der Waals surface area contributed by atoms with Gasteiger partial charge in [0.05, 0.1) is 16.6 Å². The second-order valence-electron chi connectivity index (χ2n) is 6.38. The SMILES string of the molecule is CC(C)(C)n1c(-c2ccncc2)nc2cc(C(F)(F)F)ccc21. The van der Waals surface area contributed by atoms with Crippen LogP contribution in [0, 0.1) is 0 Å². The second-order valence-corrected chi connectivity index (χ2v) is 6.38. The first-order valence-corrected chi connectivity index (χ1v) is 7.18. The molecule has 23 heavy (non-hydrogen) atoms. The molecule has 3 aromatic rings. The number of alkyl halides is 3. The molecule has 0 aliphatic heterocycles. The molecule has 0 fully saturated rings. The predicted octanol–water partition coefficient (Wildman–Crippen LogP) is 4.87. The average Bonchev–Trinajstić information content (AvgIpc) is 2.85. The first-order valence-electron chi connectivity index (χ1n) is 7.18. The number of rotatable bonds is 1. The van der Waals surface area contributed by atoms with Crippen LogP contribution in [0.15, 0.2) is 42.7 Å². The molecule has 0 radical (unpaired) electrons. The van der Waals surface area contributed by atoms with Crippen LogP contribution < -0.4 is 0 Å². The number of nitrogens with zero attached hydrogens (tertiary/aromatic N) is 3. The summed E-state index contributed by atoms with van der Waals surface area (Å²) in [6.07, 6.45) is -1.10. The van der Waals surface area contributed by atoms with E-state index in [9.17, 15) is 13.2 Å². The Hall–Kier alpha value is -2.37. The van der Waals surface area contributed by atoms with Crippen molar-refractivity contribution < 1.29 is 13.2 Å². The molecule has 0 aliphatic rings. The maximum absolute atomic E-state index is 12.9. The molecule has 2 heterocycles. The van der Waals surface area contributed by atoms with Crippen molar-refractivity contribution in [2.45, 2.75) is 32.5 Å². The van der Waals surface area contributed by atoms with E-state index in [1.165, 1.54) is 6.07 Å². The third kappa shape index (κ3) is 2.81. The summed E-state index contributed by atoms with van der Waals surface area (Å²) < 4.78 is 40.8. The number of aromatic nitrogens is 3. The third-order valence-electron chi connectivity index (χ3n) is 3.59. The van der Waals surface area contributed by atoms with Gasteiger partial charge in [-0.3, -0.25) is 4.98 Å². The van der Waals surface area contributed by atoms with Gasteiger partial charge in [0.1, 0.15) is 5.82 Å². The molecule has 0 saturated heterocycles. The molecule has 0 spiro atoms. The van der Waals surface area contributed by atoms with E-state index in [0.29, 0.717) is 16.9 Å². The molecule has 1 aromatic carbocycles. The van der Waals surface area contributed by atoms with E-state index in [4.69, 9.17) is 0 Å². The van der Waals surface area contributed by atoms with Crippen LogP contribution in [0.4, 0.5) is 13.2 Å². The van der Waals surface area contributed by atoms with Crippen molar-refractivity contribution in [1.82, 2.24) is 14.5 Å². The monoisotopic (exact) mass is 319 g/mol. The fourth-order valence-electron chi connectivity index (χ4n) is 2.63. The zero-order chi connectivity index (χ0) is 16.8. The third-order valence-corrected chi connectivity index (χ3v) is 3.59. The molecule has 0 saturated carbocycles. The Morgan fingerprint density at radius 2 is 1.61 bits per heavy atom. The Labute approximate surface area is 131 Å². The van der Waals surface area contributed by atoms with Gasteiger partial charge in [-0.1, -0.05) is 0 Å². The van der Waals surface area contributed by atoms with Gasteiger partial charge in [0, 0.05) is 23.5 Å². The van der Waals surface area contributed by atoms with Crippen LogP contribution in [0.5, 0.6) is 0 Å². The van der Waals surface area contributed by atoms with Crippen LogP contribution in [0.3, 0.4) is 0 Å². The van der Waals surface area contributed by atoms with Crippen LogP contribution in [-0.2, 0) is 11.7 Å². The number of hydrogen-bond donors (Lipinski definition) is 0. The average molecular weight is 319 g/mol. The number of fused-ring (bicyclic) bond motifs is 1. The van der Waals surface area contributed by atoms with Gasteiger partial charge in [-0.2, -0.15) is 13.2 Å². The van der Waals surface area contributed by atoms with Crippen LogP contribution in [0.1, 0.15) is 26.3 Å². The lowest BCUT2D eigenvalue weighted by atomic mass is 10.1. The van der Waals surface area contributed by atoms with E-state index in [2.05, 4.69) is 9.97 Å². The maximum Gasteiger partial charge on any atom is 0.416 e. The smallest absolute Gasteiger partial charge is 0.319 e. The molecule has 0 bridgehead atoms. The highest BCUT2D eigenvalue weighted by molar-refractivity contribution is 5.82. The summed E-state index contributed by atoms with van der Waals surface area (Å²) in [7, 11) is 0. The van der Waals surface area contributed by atoms with E-state index < -0.39 is 11.7 Å². The van der Waals surface area contributed by atoms with Crippen LogP contribution in [0.25, 0.3) is 22.4 Å². The minimum atomic E-state index is -4.38. The van der Waals surface area contributed by atoms with Crippen molar-refractivity contribution >= 4 is 11.0 Å². The molecule has 6 heteroatoms. The maximum atomic E-state index is 12.9. The highest BCUT2D eigenvalue weighted by Gasteiger charge is 2.32. The number of halogens is 3. The number of hydrogen-bond acceptors (Lipinski definition) is 2. The van der Waals surface area contributed by atoms with Crippen molar-refractivity contribution in [3.05, 3.63) is 48.3 Å². The number of imidazole rings is 1. The van der Waals surface area contributed by atoms with Crippen LogP contribution >= 0.6 is 0 Å². The summed E-state index contributed by atoms with van der Waals surface area (Å²) in [5.74, 6) is 0.634. The predicted molar refractivity (Wildman–Crippen MR) is 83.0 cm³/mol. The summed E-state index contributed by atoms with van der Waals surface area (Å²) in [6, 6.07) is 7.29. The Bertz CT molecular complexity index is 843. The van der Waals surface area contributed by atoms with Gasteiger partial charge in [0.15, 0.2) is 0 Å². The summed E-state index contributed by atoms with van der Waals surface area (Å²) in [5, 5.41) is 0. The molecule has 0 N–H and O–H groups in total. The van der Waals surface area contributed by atoms with E-state index in [-0.39, 0.29) is 5.54 Å². The van der Waals surface area contributed by atoms with Gasteiger partial charge in [0.2, 0.25) is 0 Å². The highest BCUT2D eigenvalue weighted by Crippen LogP contribution is 2.35. The van der Waals surface area contributed by atoms with E-state index in [1.54, 1.807) is 24.5 Å². The number of benzene rings is 1. The standard InChI is InChI=1S/C17H16F3N3/c1-16(2,3)23-14-5-4-12(17(18,19)20)10-13(14)22-15(23)11-6-8-21-9-7-11/h4-10H,1-3H3. The van der Waals surface area contributed by atoms with Gasteiger partial charge in [-0.05, 0) is 51.1 Å². The summed E-state index contributed by atoms with van der Waals surface area (Å²) in [6.45, 7) is 5.99. The van der Waals surface area contributed by atoms with Crippen LogP contribution in [0.2, 0.25) is 0 Å². The first-order chi connectivity index (χ1) is 10.7. The molecule has 2 aromatic heterocycles. The first kappa shape index (κ1) is 15.5. The Morgan fingerprint density at radius 3 is 2.17 bits per heavy atom. The molecule has 0 unspecified atom stereocenters. The fraction of sp³-hybridized carbons (Fsp3) is 0.294. The van der Waals surface area contributed by atoms with Crippen molar-refractivity contribution in [1.29, 1.82) is 0 Å². The van der Waals surface area contributed by atoms with E-state index in [1.807, 2.05) is 25.3 Å². The minimum absolute atomic E-state index is 0.326. The quantitative estimate of drug-likeness (QED) is 0.640. The normalized spacial score (nSPS) is 12.8. The van der Waals surface area contributed by atoms with Crippen molar-refractivity contribution in [3.8, 4) is 11.4 Å². The highest BCUT2D eigenvalue weighted by atomic mass is 19.4. The molecular weight excluding hydrogens is 303 g/mol. The van der Waals surface area contributed by atoms with Gasteiger partial charge in [0.25, 0.3) is 0 Å². The van der Waals surface area contributed by atoms with Gasteiger partial charge in [-0.25, -0.2) is 4.98 Å². The Balaban J connectivity index is 2.31. The molecule has 0 aliphatic carbocycles. The fourth-order valence-corrected chi connectivity index (χ4v) is 2.63. The molecular formula is C17H16F3N3. The zero-order valence-electron chi connectivity index (χ0n) is 13.0. The largest absolute Gasteiger partial charge is 0.416 e. The molecule has 3 nitrogen and oxygen atoms in total. The zero-order valence-corrected chi connectivity index (χ0v) is 13.0. The Kier molecular flexibility index (Phi) is 3.43.